The monoisotopic (exact) mass is 863 g/mol. The first kappa shape index (κ1) is 42.9. The van der Waals surface area contributed by atoms with Crippen LogP contribution in [0, 0.1) is 17.2 Å². The van der Waals surface area contributed by atoms with E-state index in [0.29, 0.717) is 66.0 Å². The fourth-order valence-corrected chi connectivity index (χ4v) is 9.19. The number of ether oxygens (including phenoxy) is 1. The Balaban J connectivity index is 0.928. The number of hydrogen-bond acceptors (Lipinski definition) is 9. The first-order valence-electron chi connectivity index (χ1n) is 20.1. The number of imide groups is 1. The molecule has 4 fully saturated rings. The Labute approximate surface area is 356 Å². The first-order chi connectivity index (χ1) is 28.6. The van der Waals surface area contributed by atoms with Crippen molar-refractivity contribution in [2.24, 2.45) is 5.92 Å². The molecule has 3 heterocycles. The molecular formula is C43H45ClF3N7O5S. The van der Waals surface area contributed by atoms with E-state index in [1.165, 1.54) is 11.0 Å². The van der Waals surface area contributed by atoms with Crippen LogP contribution in [0.15, 0.2) is 54.6 Å². The second-order valence-electron chi connectivity index (χ2n) is 15.8. The number of alkyl halides is 3. The van der Waals surface area contributed by atoms with Gasteiger partial charge in [0.05, 0.1) is 35.5 Å². The highest BCUT2D eigenvalue weighted by Gasteiger charge is 2.59. The van der Waals surface area contributed by atoms with Crippen molar-refractivity contribution in [2.75, 3.05) is 40.1 Å². The Morgan fingerprint density at radius 3 is 2.42 bits per heavy atom. The molecule has 2 atom stereocenters. The third kappa shape index (κ3) is 8.66. The predicted molar refractivity (Wildman–Crippen MR) is 225 cm³/mol. The molecule has 1 spiro atoms. The van der Waals surface area contributed by atoms with Crippen molar-refractivity contribution in [1.82, 2.24) is 10.2 Å². The summed E-state index contributed by atoms with van der Waals surface area (Å²) in [6.07, 6.45) is 0.803. The number of carbonyl (C=O) groups is 4. The van der Waals surface area contributed by atoms with E-state index < -0.39 is 40.8 Å². The van der Waals surface area contributed by atoms with Crippen molar-refractivity contribution in [3.63, 3.8) is 0 Å². The predicted octanol–water partition coefficient (Wildman–Crippen LogP) is 7.58. The number of thiocarbonyl (C=S) groups is 1. The van der Waals surface area contributed by atoms with Gasteiger partial charge in [-0.1, -0.05) is 18.5 Å². The molecule has 60 heavy (non-hydrogen) atoms. The molecule has 3 aliphatic heterocycles. The number of rotatable bonds is 12. The minimum Gasteiger partial charge on any atom is -0.493 e. The van der Waals surface area contributed by atoms with Crippen LogP contribution in [0.3, 0.4) is 0 Å². The third-order valence-corrected chi connectivity index (χ3v) is 12.7. The number of aryl methyl sites for hydroxylation is 1. The number of halogens is 4. The second-order valence-corrected chi connectivity index (χ2v) is 16.6. The van der Waals surface area contributed by atoms with Gasteiger partial charge in [-0.25, -0.2) is 0 Å². The summed E-state index contributed by atoms with van der Waals surface area (Å²) in [5.41, 5.74) is -0.0643. The highest BCUT2D eigenvalue weighted by atomic mass is 35.5. The van der Waals surface area contributed by atoms with Gasteiger partial charge in [-0.3, -0.25) is 34.3 Å². The van der Waals surface area contributed by atoms with Crippen LogP contribution in [0.1, 0.15) is 81.9 Å². The fraction of sp³-hybridized carbons (Fsp3) is 0.442. The molecule has 3 aromatic rings. The van der Waals surface area contributed by atoms with Crippen LogP contribution < -0.4 is 30.5 Å². The van der Waals surface area contributed by atoms with E-state index in [0.717, 1.165) is 56.5 Å². The van der Waals surface area contributed by atoms with Gasteiger partial charge in [0, 0.05) is 28.5 Å². The molecule has 7 rings (SSSR count). The highest BCUT2D eigenvalue weighted by molar-refractivity contribution is 7.81. The lowest BCUT2D eigenvalue weighted by Gasteiger charge is -2.43. The van der Waals surface area contributed by atoms with E-state index in [1.807, 2.05) is 32.0 Å². The summed E-state index contributed by atoms with van der Waals surface area (Å²) in [5.74, 6) is -0.167. The molecule has 316 valence electrons. The van der Waals surface area contributed by atoms with Crippen molar-refractivity contribution in [2.45, 2.75) is 95.4 Å². The topological polar surface area (TPSA) is 147 Å². The van der Waals surface area contributed by atoms with Crippen molar-refractivity contribution >= 4 is 75.3 Å². The largest absolute Gasteiger partial charge is 0.493 e. The van der Waals surface area contributed by atoms with Crippen molar-refractivity contribution in [3.05, 3.63) is 76.3 Å². The summed E-state index contributed by atoms with van der Waals surface area (Å²) in [4.78, 5) is 56.1. The number of nitrogens with zero attached hydrogens (tertiary/aromatic N) is 4. The Morgan fingerprint density at radius 2 is 1.77 bits per heavy atom. The Bertz CT molecular complexity index is 2260. The maximum atomic E-state index is 14.0. The van der Waals surface area contributed by atoms with Crippen LogP contribution in [0.25, 0.3) is 0 Å². The van der Waals surface area contributed by atoms with Crippen molar-refractivity contribution in [1.29, 1.82) is 5.26 Å². The molecule has 4 amide bonds. The molecule has 0 radical (unpaired) electrons. The maximum absolute atomic E-state index is 14.0. The van der Waals surface area contributed by atoms with Gasteiger partial charge in [0.2, 0.25) is 17.7 Å². The summed E-state index contributed by atoms with van der Waals surface area (Å²) in [6.45, 7) is 5.82. The number of nitriles is 1. The zero-order chi connectivity index (χ0) is 42.9. The molecule has 4 aliphatic rings. The van der Waals surface area contributed by atoms with Gasteiger partial charge in [0.15, 0.2) is 5.11 Å². The van der Waals surface area contributed by atoms with Crippen molar-refractivity contribution in [3.8, 4) is 11.8 Å². The summed E-state index contributed by atoms with van der Waals surface area (Å²) < 4.78 is 47.9. The highest BCUT2D eigenvalue weighted by Crippen LogP contribution is 2.49. The van der Waals surface area contributed by atoms with E-state index in [-0.39, 0.29) is 34.9 Å². The molecule has 3 saturated heterocycles. The first-order valence-corrected chi connectivity index (χ1v) is 20.9. The number of carbonyl (C=O) groups excluding carboxylic acids is 4. The van der Waals surface area contributed by atoms with Crippen LogP contribution in [0.4, 0.5) is 35.9 Å². The van der Waals surface area contributed by atoms with Crippen LogP contribution >= 0.6 is 23.8 Å². The number of amides is 4. The van der Waals surface area contributed by atoms with Crippen LogP contribution in [0.5, 0.6) is 5.75 Å². The normalized spacial score (nSPS) is 20.1. The summed E-state index contributed by atoms with van der Waals surface area (Å²) in [7, 11) is 0. The SMILES string of the molecule is CCc1cc(N2C(=S)N(c3ccc(C#N)c(C(F)(F)F)c3)C(=O)C23CCC3)ccc1OCCC1CCN(C(C)C(=O)Nc2cc(Cl)cc(NC3CCC(=O)NC3=O)c2)CC1. The van der Waals surface area contributed by atoms with Gasteiger partial charge in [0.25, 0.3) is 5.91 Å². The zero-order valence-corrected chi connectivity index (χ0v) is 34.7. The number of benzene rings is 3. The lowest BCUT2D eigenvalue weighted by Crippen LogP contribution is -2.55. The van der Waals surface area contributed by atoms with Gasteiger partial charge >= 0.3 is 6.18 Å². The molecule has 1 aliphatic carbocycles. The Morgan fingerprint density at radius 1 is 1.05 bits per heavy atom. The number of hydrogen-bond donors (Lipinski definition) is 3. The van der Waals surface area contributed by atoms with Gasteiger partial charge in [0.1, 0.15) is 17.3 Å². The number of nitrogens with one attached hydrogen (secondary N) is 3. The van der Waals surface area contributed by atoms with E-state index in [2.05, 4.69) is 20.9 Å². The average molecular weight is 864 g/mol. The van der Waals surface area contributed by atoms with E-state index >= 15 is 0 Å². The fourth-order valence-electron chi connectivity index (χ4n) is 8.49. The number of piperidine rings is 2. The minimum absolute atomic E-state index is 0.0291. The molecule has 0 aromatic heterocycles. The van der Waals surface area contributed by atoms with Crippen LogP contribution in [-0.2, 0) is 31.8 Å². The van der Waals surface area contributed by atoms with Gasteiger partial charge in [-0.2, -0.15) is 18.4 Å². The minimum atomic E-state index is -4.78. The average Bonchev–Trinajstić information content (AvgIpc) is 3.44. The lowest BCUT2D eigenvalue weighted by atomic mass is 9.75. The molecule has 0 bridgehead atoms. The van der Waals surface area contributed by atoms with Crippen LogP contribution in [-0.4, -0.2) is 71.0 Å². The van der Waals surface area contributed by atoms with Gasteiger partial charge < -0.3 is 20.3 Å². The van der Waals surface area contributed by atoms with Crippen LogP contribution in [0.2, 0.25) is 5.02 Å². The standard InChI is InChI=1S/C43H45ClF3N7O5S/c1-3-27-19-33(54-41(60)53(40(58)42(54)14-4-15-42)32-6-5-28(24-48)34(23-32)43(45,46)47)7-9-36(27)59-18-13-26-11-16-52(17-12-26)25(2)38(56)50-31-21-29(44)20-30(22-31)49-35-8-10-37(55)51-39(35)57/h5-7,9,19-23,25-26,35,49H,3-4,8,10-18H2,1-2H3,(H,50,56)(H,51,55,57). The lowest BCUT2D eigenvalue weighted by molar-refractivity contribution is -0.138. The maximum Gasteiger partial charge on any atom is 0.417 e. The van der Waals surface area contributed by atoms with Gasteiger partial charge in [-0.05, 0) is 150 Å². The Kier molecular flexibility index (Phi) is 12.4. The van der Waals surface area contributed by atoms with Gasteiger partial charge in [-0.15, -0.1) is 0 Å². The summed E-state index contributed by atoms with van der Waals surface area (Å²) in [5, 5.41) is 18.1. The quantitative estimate of drug-likeness (QED) is 0.123. The smallest absolute Gasteiger partial charge is 0.417 e. The second kappa shape index (κ2) is 17.4. The summed E-state index contributed by atoms with van der Waals surface area (Å²) >= 11 is 12.2. The molecule has 1 saturated carbocycles. The van der Waals surface area contributed by atoms with Crippen molar-refractivity contribution < 1.29 is 37.1 Å². The molecule has 17 heteroatoms. The molecular weight excluding hydrogens is 819 g/mol. The molecule has 12 nitrogen and oxygen atoms in total. The van der Waals surface area contributed by atoms with E-state index in [9.17, 15) is 37.6 Å². The zero-order valence-electron chi connectivity index (χ0n) is 33.2. The molecule has 2 unspecified atom stereocenters. The molecule has 3 aromatic carbocycles. The summed E-state index contributed by atoms with van der Waals surface area (Å²) in [6, 6.07) is 14.5. The van der Waals surface area contributed by atoms with E-state index in [4.69, 9.17) is 28.6 Å². The third-order valence-electron chi connectivity index (χ3n) is 12.1. The van der Waals surface area contributed by atoms with E-state index in [1.54, 1.807) is 29.2 Å². The number of likely N-dealkylation sites (tertiary alicyclic amines) is 1. The molecule has 3 N–H and O–H groups in total. The Hall–Kier alpha value is -5.24. The number of anilines is 4.